The molecule has 0 spiro atoms. The summed E-state index contributed by atoms with van der Waals surface area (Å²) in [6.07, 6.45) is 1.88. The first-order valence-corrected chi connectivity index (χ1v) is 8.19. The van der Waals surface area contributed by atoms with Gasteiger partial charge in [0.1, 0.15) is 5.75 Å². The van der Waals surface area contributed by atoms with Crippen LogP contribution in [0.1, 0.15) is 50.5 Å². The first-order valence-electron chi connectivity index (χ1n) is 8.19. The molecule has 0 unspecified atom stereocenters. The minimum atomic E-state index is -0.422. The fourth-order valence-electron chi connectivity index (χ4n) is 2.39. The van der Waals surface area contributed by atoms with Gasteiger partial charge in [-0.05, 0) is 58.4 Å². The summed E-state index contributed by atoms with van der Waals surface area (Å²) in [4.78, 5) is 12.1. The Hall–Kier alpha value is -1.79. The summed E-state index contributed by atoms with van der Waals surface area (Å²) in [6, 6.07) is 5.40. The topological polar surface area (TPSA) is 56.8 Å². The molecule has 1 fully saturated rings. The highest BCUT2D eigenvalue weighted by atomic mass is 16.7. The second-order valence-corrected chi connectivity index (χ2v) is 6.84. The van der Waals surface area contributed by atoms with Gasteiger partial charge >= 0.3 is 7.12 Å². The SMILES string of the molecule is CCNC(=O)c1cc(/C=C/B2OC(C)(C)C(C)(C)O2)cc(OC)c1. The molecule has 1 aromatic rings. The van der Waals surface area contributed by atoms with Gasteiger partial charge in [0.25, 0.3) is 5.91 Å². The second-order valence-electron chi connectivity index (χ2n) is 6.84. The van der Waals surface area contributed by atoms with Gasteiger partial charge in [-0.3, -0.25) is 4.79 Å². The molecule has 0 aromatic heterocycles. The lowest BCUT2D eigenvalue weighted by molar-refractivity contribution is 0.00578. The van der Waals surface area contributed by atoms with Gasteiger partial charge in [-0.1, -0.05) is 12.1 Å². The van der Waals surface area contributed by atoms with Crippen molar-refractivity contribution in [2.45, 2.75) is 45.8 Å². The van der Waals surface area contributed by atoms with Crippen molar-refractivity contribution >= 4 is 19.1 Å². The summed E-state index contributed by atoms with van der Waals surface area (Å²) in [7, 11) is 1.16. The molecule has 0 radical (unpaired) electrons. The molecular formula is C18H26BNO4. The van der Waals surface area contributed by atoms with E-state index in [0.29, 0.717) is 17.9 Å². The molecule has 1 aromatic carbocycles. The van der Waals surface area contributed by atoms with Gasteiger partial charge < -0.3 is 19.4 Å². The van der Waals surface area contributed by atoms with E-state index < -0.39 is 7.12 Å². The van der Waals surface area contributed by atoms with Crippen molar-refractivity contribution in [3.63, 3.8) is 0 Å². The smallest absolute Gasteiger partial charge is 0.487 e. The van der Waals surface area contributed by atoms with Crippen molar-refractivity contribution in [2.75, 3.05) is 13.7 Å². The van der Waals surface area contributed by atoms with Gasteiger partial charge in [0.2, 0.25) is 0 Å². The highest BCUT2D eigenvalue weighted by molar-refractivity contribution is 6.52. The summed E-state index contributed by atoms with van der Waals surface area (Å²) in [5.41, 5.74) is 0.667. The molecule has 24 heavy (non-hydrogen) atoms. The monoisotopic (exact) mass is 331 g/mol. The van der Waals surface area contributed by atoms with Crippen LogP contribution in [0.5, 0.6) is 5.75 Å². The first kappa shape index (κ1) is 18.6. The molecule has 130 valence electrons. The van der Waals surface area contributed by atoms with E-state index in [0.717, 1.165) is 5.56 Å². The van der Waals surface area contributed by atoms with Crippen LogP contribution in [0.3, 0.4) is 0 Å². The molecule has 6 heteroatoms. The number of carbonyl (C=O) groups excluding carboxylic acids is 1. The van der Waals surface area contributed by atoms with Crippen LogP contribution in [0.2, 0.25) is 0 Å². The molecular weight excluding hydrogens is 305 g/mol. The normalized spacial score (nSPS) is 18.8. The number of amides is 1. The molecule has 1 N–H and O–H groups in total. The fraction of sp³-hybridized carbons (Fsp3) is 0.500. The van der Waals surface area contributed by atoms with Gasteiger partial charge in [-0.25, -0.2) is 0 Å². The third-order valence-electron chi connectivity index (χ3n) is 4.48. The van der Waals surface area contributed by atoms with Gasteiger partial charge in [-0.15, -0.1) is 0 Å². The summed E-state index contributed by atoms with van der Waals surface area (Å²) in [6.45, 7) is 10.5. The van der Waals surface area contributed by atoms with Crippen LogP contribution >= 0.6 is 0 Å². The van der Waals surface area contributed by atoms with E-state index in [-0.39, 0.29) is 17.1 Å². The largest absolute Gasteiger partial charge is 0.497 e. The van der Waals surface area contributed by atoms with Crippen LogP contribution in [-0.2, 0) is 9.31 Å². The van der Waals surface area contributed by atoms with Crippen molar-refractivity contribution in [2.24, 2.45) is 0 Å². The van der Waals surface area contributed by atoms with Gasteiger partial charge in [0.05, 0.1) is 18.3 Å². The molecule has 1 saturated heterocycles. The van der Waals surface area contributed by atoms with Crippen LogP contribution in [0.25, 0.3) is 6.08 Å². The average molecular weight is 331 g/mol. The number of rotatable bonds is 5. The van der Waals surface area contributed by atoms with E-state index in [4.69, 9.17) is 14.0 Å². The number of methoxy groups -OCH3 is 1. The van der Waals surface area contributed by atoms with Crippen molar-refractivity contribution in [1.82, 2.24) is 5.32 Å². The Morgan fingerprint density at radius 3 is 2.38 bits per heavy atom. The summed E-state index contributed by atoms with van der Waals surface area (Å²) in [5, 5.41) is 2.79. The average Bonchev–Trinajstić information content (AvgIpc) is 2.72. The summed E-state index contributed by atoms with van der Waals surface area (Å²) >= 11 is 0. The molecule has 1 aliphatic rings. The molecule has 1 aliphatic heterocycles. The lowest BCUT2D eigenvalue weighted by Crippen LogP contribution is -2.41. The number of benzene rings is 1. The van der Waals surface area contributed by atoms with Crippen molar-refractivity contribution < 1.29 is 18.8 Å². The third-order valence-corrected chi connectivity index (χ3v) is 4.48. The molecule has 0 bridgehead atoms. The van der Waals surface area contributed by atoms with E-state index in [1.54, 1.807) is 13.2 Å². The van der Waals surface area contributed by atoms with Crippen LogP contribution < -0.4 is 10.1 Å². The van der Waals surface area contributed by atoms with E-state index in [1.807, 2.05) is 58.8 Å². The maximum atomic E-state index is 12.1. The van der Waals surface area contributed by atoms with Crippen LogP contribution in [0.4, 0.5) is 0 Å². The quantitative estimate of drug-likeness (QED) is 0.843. The number of ether oxygens (including phenoxy) is 1. The van der Waals surface area contributed by atoms with Gasteiger partial charge in [-0.2, -0.15) is 0 Å². The first-order chi connectivity index (χ1) is 11.2. The van der Waals surface area contributed by atoms with E-state index in [2.05, 4.69) is 5.32 Å². The zero-order valence-corrected chi connectivity index (χ0v) is 15.3. The molecule has 1 heterocycles. The molecule has 2 rings (SSSR count). The maximum Gasteiger partial charge on any atom is 0.487 e. The number of carbonyl (C=O) groups is 1. The minimum Gasteiger partial charge on any atom is -0.497 e. The van der Waals surface area contributed by atoms with Crippen LogP contribution in [0.15, 0.2) is 24.2 Å². The minimum absolute atomic E-state index is 0.123. The highest BCUT2D eigenvalue weighted by Gasteiger charge is 2.49. The Balaban J connectivity index is 2.20. The van der Waals surface area contributed by atoms with E-state index >= 15 is 0 Å². The predicted molar refractivity (Wildman–Crippen MR) is 96.1 cm³/mol. The van der Waals surface area contributed by atoms with Crippen LogP contribution in [0, 0.1) is 0 Å². The fourth-order valence-corrected chi connectivity index (χ4v) is 2.39. The Morgan fingerprint density at radius 2 is 1.83 bits per heavy atom. The lowest BCUT2D eigenvalue weighted by Gasteiger charge is -2.32. The Bertz CT molecular complexity index is 624. The predicted octanol–water partition coefficient (Wildman–Crippen LogP) is 3.09. The molecule has 1 amide bonds. The summed E-state index contributed by atoms with van der Waals surface area (Å²) in [5.74, 6) is 2.36. The lowest BCUT2D eigenvalue weighted by atomic mass is 9.89. The van der Waals surface area contributed by atoms with E-state index in [9.17, 15) is 4.79 Å². The third kappa shape index (κ3) is 4.00. The molecule has 0 saturated carbocycles. The van der Waals surface area contributed by atoms with Crippen LogP contribution in [-0.4, -0.2) is 37.9 Å². The number of hydrogen-bond donors (Lipinski definition) is 1. The number of nitrogens with one attached hydrogen (secondary N) is 1. The highest BCUT2D eigenvalue weighted by Crippen LogP contribution is 2.37. The van der Waals surface area contributed by atoms with Gasteiger partial charge in [0, 0.05) is 12.1 Å². The Morgan fingerprint density at radius 1 is 1.21 bits per heavy atom. The van der Waals surface area contributed by atoms with Crippen molar-refractivity contribution in [3.05, 3.63) is 35.3 Å². The van der Waals surface area contributed by atoms with Gasteiger partial charge in [0.15, 0.2) is 0 Å². The zero-order valence-electron chi connectivity index (χ0n) is 15.3. The standard InChI is InChI=1S/C18H26BNO4/c1-7-20-16(21)14-10-13(11-15(12-14)22-6)8-9-19-23-17(2,3)18(4,5)24-19/h8-12H,7H2,1-6H3,(H,20,21)/b9-8+. The number of hydrogen-bond acceptors (Lipinski definition) is 4. The second kappa shape index (κ2) is 6.99. The Kier molecular flexibility index (Phi) is 5.40. The molecule has 0 aliphatic carbocycles. The maximum absolute atomic E-state index is 12.1. The van der Waals surface area contributed by atoms with Crippen molar-refractivity contribution in [1.29, 1.82) is 0 Å². The zero-order chi connectivity index (χ0) is 18.0. The summed E-state index contributed by atoms with van der Waals surface area (Å²) < 4.78 is 17.2. The van der Waals surface area contributed by atoms with E-state index in [1.165, 1.54) is 0 Å². The van der Waals surface area contributed by atoms with Crippen molar-refractivity contribution in [3.8, 4) is 5.75 Å². The molecule has 5 nitrogen and oxygen atoms in total. The molecule has 0 atom stereocenters. The Labute approximate surface area is 144 Å².